The highest BCUT2D eigenvalue weighted by molar-refractivity contribution is 6.39. The van der Waals surface area contributed by atoms with Gasteiger partial charge in [0.1, 0.15) is 5.75 Å². The Labute approximate surface area is 146 Å². The number of rotatable bonds is 3. The van der Waals surface area contributed by atoms with Crippen LogP contribution in [0.15, 0.2) is 18.2 Å². The lowest BCUT2D eigenvalue weighted by Gasteiger charge is -2.31. The number of hydrogen-bond acceptors (Lipinski definition) is 5. The number of amides is 3. The van der Waals surface area contributed by atoms with Gasteiger partial charge < -0.3 is 25.4 Å². The van der Waals surface area contributed by atoms with E-state index in [1.807, 2.05) is 0 Å². The van der Waals surface area contributed by atoms with Crippen LogP contribution in [-0.2, 0) is 14.3 Å². The van der Waals surface area contributed by atoms with Crippen LogP contribution in [0.1, 0.15) is 25.3 Å². The number of benzene rings is 1. The number of nitrogens with zero attached hydrogens (tertiary/aromatic N) is 1. The lowest BCUT2D eigenvalue weighted by atomic mass is 10.1. The van der Waals surface area contributed by atoms with Crippen LogP contribution in [0.3, 0.4) is 0 Å². The molecule has 0 unspecified atom stereocenters. The van der Waals surface area contributed by atoms with Crippen LogP contribution in [0.5, 0.6) is 5.75 Å². The summed E-state index contributed by atoms with van der Waals surface area (Å²) < 4.78 is 4.94. The Balaban J connectivity index is 1.82. The van der Waals surface area contributed by atoms with Crippen molar-refractivity contribution in [1.82, 2.24) is 10.2 Å². The van der Waals surface area contributed by atoms with E-state index in [-0.39, 0.29) is 17.9 Å². The van der Waals surface area contributed by atoms with Gasteiger partial charge in [-0.15, -0.1) is 0 Å². The molecule has 8 heteroatoms. The summed E-state index contributed by atoms with van der Waals surface area (Å²) in [6, 6.07) is 4.31. The fourth-order valence-corrected chi connectivity index (χ4v) is 2.64. The molecule has 136 valence electrons. The predicted octanol–water partition coefficient (Wildman–Crippen LogP) is 1.38. The Morgan fingerprint density at radius 2 is 1.92 bits per heavy atom. The summed E-state index contributed by atoms with van der Waals surface area (Å²) in [4.78, 5) is 37.3. The number of nitrogens with one attached hydrogen (secondary N) is 2. The van der Waals surface area contributed by atoms with Gasteiger partial charge in [-0.2, -0.15) is 0 Å². The first kappa shape index (κ1) is 18.6. The van der Waals surface area contributed by atoms with Gasteiger partial charge in [-0.25, -0.2) is 4.79 Å². The van der Waals surface area contributed by atoms with E-state index in [9.17, 15) is 19.5 Å². The van der Waals surface area contributed by atoms with Crippen molar-refractivity contribution >= 4 is 23.6 Å². The zero-order valence-electron chi connectivity index (χ0n) is 14.4. The van der Waals surface area contributed by atoms with Crippen LogP contribution >= 0.6 is 0 Å². The van der Waals surface area contributed by atoms with E-state index in [1.54, 1.807) is 18.7 Å². The van der Waals surface area contributed by atoms with Crippen molar-refractivity contribution in [3.63, 3.8) is 0 Å². The first-order valence-corrected chi connectivity index (χ1v) is 8.24. The lowest BCUT2D eigenvalue weighted by molar-refractivity contribution is -0.136. The van der Waals surface area contributed by atoms with Gasteiger partial charge in [-0.1, -0.05) is 0 Å². The molecule has 3 amide bonds. The molecule has 0 saturated carbocycles. The fourth-order valence-electron chi connectivity index (χ4n) is 2.64. The largest absolute Gasteiger partial charge is 0.508 e. The van der Waals surface area contributed by atoms with Crippen LogP contribution in [0.4, 0.5) is 10.5 Å². The van der Waals surface area contributed by atoms with Gasteiger partial charge in [-0.3, -0.25) is 9.59 Å². The molecule has 0 radical (unpaired) electrons. The molecule has 1 saturated heterocycles. The second kappa shape index (κ2) is 8.36. The number of carbonyl (C=O) groups excluding carboxylic acids is 3. The molecule has 8 nitrogen and oxygen atoms in total. The van der Waals surface area contributed by atoms with E-state index in [4.69, 9.17) is 4.74 Å². The van der Waals surface area contributed by atoms with Crippen LogP contribution in [-0.4, -0.2) is 53.7 Å². The number of ether oxygens (including phenoxy) is 1. The molecule has 0 aromatic heterocycles. The maximum atomic E-state index is 12.0. The first-order valence-electron chi connectivity index (χ1n) is 8.24. The third-order valence-electron chi connectivity index (χ3n) is 4.02. The SMILES string of the molecule is CCOC(=O)N1CCC(NC(=O)C(=O)Nc2ccc(O)cc2C)CC1. The molecule has 1 aromatic rings. The van der Waals surface area contributed by atoms with Gasteiger partial charge in [0.05, 0.1) is 6.61 Å². The number of phenolic OH excluding ortho intramolecular Hbond substituents is 1. The molecule has 1 fully saturated rings. The molecule has 1 aliphatic rings. The molecule has 2 rings (SSSR count). The second-order valence-electron chi connectivity index (χ2n) is 5.89. The van der Waals surface area contributed by atoms with Crippen molar-refractivity contribution in [2.24, 2.45) is 0 Å². The molecule has 25 heavy (non-hydrogen) atoms. The number of carbonyl (C=O) groups is 3. The third-order valence-corrected chi connectivity index (χ3v) is 4.02. The van der Waals surface area contributed by atoms with Gasteiger partial charge in [-0.05, 0) is 50.5 Å². The van der Waals surface area contributed by atoms with Crippen molar-refractivity contribution in [2.45, 2.75) is 32.7 Å². The molecule has 1 aliphatic heterocycles. The number of aromatic hydroxyl groups is 1. The van der Waals surface area contributed by atoms with Gasteiger partial charge >= 0.3 is 17.9 Å². The van der Waals surface area contributed by atoms with Crippen molar-refractivity contribution in [3.8, 4) is 5.75 Å². The lowest BCUT2D eigenvalue weighted by Crippen LogP contribution is -2.49. The molecule has 0 spiro atoms. The average molecular weight is 349 g/mol. The molecular formula is C17H23N3O5. The molecule has 0 aliphatic carbocycles. The Bertz CT molecular complexity index is 654. The van der Waals surface area contributed by atoms with Crippen molar-refractivity contribution < 1.29 is 24.2 Å². The van der Waals surface area contributed by atoms with Crippen molar-refractivity contribution in [1.29, 1.82) is 0 Å². The van der Waals surface area contributed by atoms with Gasteiger partial charge in [0.2, 0.25) is 0 Å². The minimum Gasteiger partial charge on any atom is -0.508 e. The van der Waals surface area contributed by atoms with Crippen LogP contribution in [0.2, 0.25) is 0 Å². The summed E-state index contributed by atoms with van der Waals surface area (Å²) in [6.07, 6.45) is 0.777. The molecule has 1 aromatic carbocycles. The topological polar surface area (TPSA) is 108 Å². The molecule has 0 bridgehead atoms. The van der Waals surface area contributed by atoms with Gasteiger partial charge in [0.15, 0.2) is 0 Å². The standard InChI is InChI=1S/C17H23N3O5/c1-3-25-17(24)20-8-6-12(7-9-20)18-15(22)16(23)19-14-5-4-13(21)10-11(14)2/h4-5,10,12,21H,3,6-9H2,1-2H3,(H,18,22)(H,19,23). The van der Waals surface area contributed by atoms with Crippen molar-refractivity contribution in [3.05, 3.63) is 23.8 Å². The number of phenols is 1. The zero-order valence-corrected chi connectivity index (χ0v) is 14.4. The maximum absolute atomic E-state index is 12.0. The van der Waals surface area contributed by atoms with E-state index in [0.29, 0.717) is 43.8 Å². The predicted molar refractivity (Wildman–Crippen MR) is 91.2 cm³/mol. The molecule has 3 N–H and O–H groups in total. The summed E-state index contributed by atoms with van der Waals surface area (Å²) in [5, 5.41) is 14.6. The number of aryl methyl sites for hydroxylation is 1. The Morgan fingerprint density at radius 1 is 1.24 bits per heavy atom. The number of hydrogen-bond donors (Lipinski definition) is 3. The van der Waals surface area contributed by atoms with Gasteiger partial charge in [0.25, 0.3) is 0 Å². The minimum atomic E-state index is -0.762. The van der Waals surface area contributed by atoms with E-state index in [0.717, 1.165) is 0 Å². The Kier molecular flexibility index (Phi) is 6.21. The quantitative estimate of drug-likeness (QED) is 0.564. The van der Waals surface area contributed by atoms with E-state index in [2.05, 4.69) is 10.6 Å². The summed E-state index contributed by atoms with van der Waals surface area (Å²) in [5.41, 5.74) is 1.12. The molecule has 0 atom stereocenters. The van der Waals surface area contributed by atoms with Crippen molar-refractivity contribution in [2.75, 3.05) is 25.0 Å². The Hall–Kier alpha value is -2.77. The van der Waals surface area contributed by atoms with Crippen LogP contribution < -0.4 is 10.6 Å². The first-order chi connectivity index (χ1) is 11.9. The van der Waals surface area contributed by atoms with Crippen LogP contribution in [0.25, 0.3) is 0 Å². The highest BCUT2D eigenvalue weighted by atomic mass is 16.6. The molecule has 1 heterocycles. The Morgan fingerprint density at radius 3 is 2.52 bits per heavy atom. The highest BCUT2D eigenvalue weighted by Crippen LogP contribution is 2.20. The normalized spacial score (nSPS) is 14.7. The summed E-state index contributed by atoms with van der Waals surface area (Å²) in [5.74, 6) is -1.39. The van der Waals surface area contributed by atoms with Crippen LogP contribution in [0, 0.1) is 6.92 Å². The van der Waals surface area contributed by atoms with E-state index < -0.39 is 11.8 Å². The average Bonchev–Trinajstić information content (AvgIpc) is 2.58. The van der Waals surface area contributed by atoms with Gasteiger partial charge in [0, 0.05) is 24.8 Å². The minimum absolute atomic E-state index is 0.0910. The summed E-state index contributed by atoms with van der Waals surface area (Å²) in [6.45, 7) is 4.74. The van der Waals surface area contributed by atoms with E-state index in [1.165, 1.54) is 18.2 Å². The summed E-state index contributed by atoms with van der Waals surface area (Å²) in [7, 11) is 0. The maximum Gasteiger partial charge on any atom is 0.409 e. The number of piperidine rings is 1. The zero-order chi connectivity index (χ0) is 18.4. The third kappa shape index (κ3) is 5.10. The number of anilines is 1. The second-order valence-corrected chi connectivity index (χ2v) is 5.89. The monoisotopic (exact) mass is 349 g/mol. The van der Waals surface area contributed by atoms with E-state index >= 15 is 0 Å². The highest BCUT2D eigenvalue weighted by Gasteiger charge is 2.26. The fraction of sp³-hybridized carbons (Fsp3) is 0.471. The number of likely N-dealkylation sites (tertiary alicyclic amines) is 1. The molecular weight excluding hydrogens is 326 g/mol. The smallest absolute Gasteiger partial charge is 0.409 e. The summed E-state index contributed by atoms with van der Waals surface area (Å²) >= 11 is 0.